The molecule has 1 fully saturated rings. The number of carbonyl (C=O) groups excluding carboxylic acids is 1. The minimum atomic E-state index is -0.978. The average molecular weight is 266 g/mol. The average Bonchev–Trinajstić information content (AvgIpc) is 2.82. The van der Waals surface area contributed by atoms with Crippen LogP contribution >= 0.6 is 11.8 Å². The molecule has 1 aromatic rings. The summed E-state index contributed by atoms with van der Waals surface area (Å²) < 4.78 is 0. The first kappa shape index (κ1) is 12.8. The molecule has 96 valence electrons. The second-order valence-corrected chi connectivity index (χ2v) is 5.19. The molecule has 0 aromatic heterocycles. The number of nitrogens with one attached hydrogen (secondary N) is 2. The van der Waals surface area contributed by atoms with E-state index in [2.05, 4.69) is 10.6 Å². The van der Waals surface area contributed by atoms with Crippen molar-refractivity contribution in [1.29, 1.82) is 0 Å². The molecule has 0 radical (unpaired) electrons. The number of amides is 2. The van der Waals surface area contributed by atoms with Crippen LogP contribution in [0.15, 0.2) is 24.3 Å². The molecule has 0 saturated carbocycles. The van der Waals surface area contributed by atoms with E-state index in [-0.39, 0.29) is 17.6 Å². The fraction of sp³-hybridized carbons (Fsp3) is 0.333. The van der Waals surface area contributed by atoms with Gasteiger partial charge in [0.25, 0.3) is 0 Å². The van der Waals surface area contributed by atoms with Crippen LogP contribution in [0.1, 0.15) is 16.8 Å². The first-order valence-corrected chi connectivity index (χ1v) is 6.79. The van der Waals surface area contributed by atoms with E-state index in [0.29, 0.717) is 5.69 Å². The molecule has 0 aliphatic carbocycles. The van der Waals surface area contributed by atoms with Gasteiger partial charge < -0.3 is 15.7 Å². The van der Waals surface area contributed by atoms with Crippen LogP contribution in [0.3, 0.4) is 0 Å². The van der Waals surface area contributed by atoms with Crippen LogP contribution in [0.4, 0.5) is 10.5 Å². The highest BCUT2D eigenvalue weighted by Crippen LogP contribution is 2.17. The predicted octanol–water partition coefficient (Wildman–Crippen LogP) is 2.01. The summed E-state index contributed by atoms with van der Waals surface area (Å²) in [5.41, 5.74) is 0.788. The lowest BCUT2D eigenvalue weighted by Crippen LogP contribution is -2.37. The quantitative estimate of drug-likeness (QED) is 0.782. The second kappa shape index (κ2) is 5.77. The van der Waals surface area contributed by atoms with Crippen LogP contribution in [-0.2, 0) is 0 Å². The molecule has 1 aliphatic heterocycles. The number of thioether (sulfide) groups is 1. The third-order valence-corrected chi connectivity index (χ3v) is 3.82. The molecule has 1 saturated heterocycles. The summed E-state index contributed by atoms with van der Waals surface area (Å²) in [6, 6.07) is 6.06. The van der Waals surface area contributed by atoms with Crippen molar-refractivity contribution >= 4 is 29.4 Å². The standard InChI is InChI=1S/C12H14N2O3S/c15-11(16)8-1-3-9(4-2-8)13-12(17)14-10-5-6-18-7-10/h1-4,10H,5-7H2,(H,15,16)(H2,13,14,17). The third-order valence-electron chi connectivity index (χ3n) is 2.65. The number of carboxylic acid groups (broad SMARTS) is 1. The molecule has 0 bridgehead atoms. The van der Waals surface area contributed by atoms with Crippen LogP contribution < -0.4 is 10.6 Å². The molecule has 2 rings (SSSR count). The number of urea groups is 1. The van der Waals surface area contributed by atoms with Gasteiger partial charge >= 0.3 is 12.0 Å². The molecule has 18 heavy (non-hydrogen) atoms. The van der Waals surface area contributed by atoms with Crippen molar-refractivity contribution in [2.24, 2.45) is 0 Å². The zero-order valence-corrected chi connectivity index (χ0v) is 10.5. The molecular weight excluding hydrogens is 252 g/mol. The van der Waals surface area contributed by atoms with Crippen molar-refractivity contribution in [2.45, 2.75) is 12.5 Å². The van der Waals surface area contributed by atoms with Crippen molar-refractivity contribution < 1.29 is 14.7 Å². The number of carboxylic acids is 1. The molecule has 3 N–H and O–H groups in total. The normalized spacial score (nSPS) is 18.3. The van der Waals surface area contributed by atoms with Gasteiger partial charge in [0.05, 0.1) is 5.56 Å². The summed E-state index contributed by atoms with van der Waals surface area (Å²) in [6.07, 6.45) is 0.996. The van der Waals surface area contributed by atoms with Crippen molar-refractivity contribution in [1.82, 2.24) is 5.32 Å². The van der Waals surface area contributed by atoms with E-state index in [0.717, 1.165) is 17.9 Å². The molecule has 1 unspecified atom stereocenters. The van der Waals surface area contributed by atoms with Crippen molar-refractivity contribution in [3.05, 3.63) is 29.8 Å². The lowest BCUT2D eigenvalue weighted by Gasteiger charge is -2.12. The molecule has 0 spiro atoms. The minimum Gasteiger partial charge on any atom is -0.478 e. The van der Waals surface area contributed by atoms with Gasteiger partial charge in [-0.05, 0) is 36.4 Å². The largest absolute Gasteiger partial charge is 0.478 e. The fourth-order valence-corrected chi connectivity index (χ4v) is 2.85. The number of carbonyl (C=O) groups is 2. The van der Waals surface area contributed by atoms with Gasteiger partial charge in [-0.3, -0.25) is 0 Å². The zero-order chi connectivity index (χ0) is 13.0. The number of hydrogen-bond acceptors (Lipinski definition) is 3. The van der Waals surface area contributed by atoms with Crippen LogP contribution in [0.2, 0.25) is 0 Å². The summed E-state index contributed by atoms with van der Waals surface area (Å²) in [6.45, 7) is 0. The Morgan fingerprint density at radius 3 is 2.56 bits per heavy atom. The van der Waals surface area contributed by atoms with Crippen LogP contribution in [0, 0.1) is 0 Å². The lowest BCUT2D eigenvalue weighted by atomic mass is 10.2. The van der Waals surface area contributed by atoms with Gasteiger partial charge in [0.1, 0.15) is 0 Å². The predicted molar refractivity (Wildman–Crippen MR) is 71.3 cm³/mol. The summed E-state index contributed by atoms with van der Waals surface area (Å²) in [5.74, 6) is 1.05. The van der Waals surface area contributed by atoms with E-state index in [1.54, 1.807) is 12.1 Å². The zero-order valence-electron chi connectivity index (χ0n) is 9.68. The summed E-state index contributed by atoms with van der Waals surface area (Å²) >= 11 is 1.83. The number of anilines is 1. The maximum atomic E-state index is 11.6. The molecule has 2 amide bonds. The van der Waals surface area contributed by atoms with E-state index in [1.807, 2.05) is 11.8 Å². The number of aromatic carboxylic acids is 1. The summed E-state index contributed by atoms with van der Waals surface area (Å²) in [7, 11) is 0. The Kier molecular flexibility index (Phi) is 4.09. The Labute approximate surface area is 109 Å². The Bertz CT molecular complexity index is 441. The van der Waals surface area contributed by atoms with Crippen LogP contribution in [0.5, 0.6) is 0 Å². The topological polar surface area (TPSA) is 78.4 Å². The highest BCUT2D eigenvalue weighted by molar-refractivity contribution is 7.99. The van der Waals surface area contributed by atoms with E-state index in [1.165, 1.54) is 12.1 Å². The van der Waals surface area contributed by atoms with Gasteiger partial charge in [-0.2, -0.15) is 11.8 Å². The molecule has 1 aromatic carbocycles. The molecule has 5 nitrogen and oxygen atoms in total. The minimum absolute atomic E-state index is 0.202. The SMILES string of the molecule is O=C(Nc1ccc(C(=O)O)cc1)NC1CCSC1. The first-order valence-electron chi connectivity index (χ1n) is 5.64. The van der Waals surface area contributed by atoms with Gasteiger partial charge in [-0.15, -0.1) is 0 Å². The van der Waals surface area contributed by atoms with Crippen molar-refractivity contribution in [2.75, 3.05) is 16.8 Å². The van der Waals surface area contributed by atoms with Gasteiger partial charge in [0.2, 0.25) is 0 Å². The van der Waals surface area contributed by atoms with Gasteiger partial charge in [0.15, 0.2) is 0 Å². The lowest BCUT2D eigenvalue weighted by molar-refractivity contribution is 0.0697. The van der Waals surface area contributed by atoms with Crippen LogP contribution in [0.25, 0.3) is 0 Å². The Morgan fingerprint density at radius 1 is 1.28 bits per heavy atom. The second-order valence-electron chi connectivity index (χ2n) is 4.04. The summed E-state index contributed by atoms with van der Waals surface area (Å²) in [4.78, 5) is 22.3. The fourth-order valence-electron chi connectivity index (χ4n) is 1.70. The smallest absolute Gasteiger partial charge is 0.335 e. The number of hydrogen-bond donors (Lipinski definition) is 3. The molecule has 6 heteroatoms. The van der Waals surface area contributed by atoms with Crippen LogP contribution in [-0.4, -0.2) is 34.7 Å². The highest BCUT2D eigenvalue weighted by atomic mass is 32.2. The van der Waals surface area contributed by atoms with Gasteiger partial charge in [0, 0.05) is 17.5 Å². The number of rotatable bonds is 3. The Morgan fingerprint density at radius 2 is 2.00 bits per heavy atom. The van der Waals surface area contributed by atoms with E-state index in [9.17, 15) is 9.59 Å². The monoisotopic (exact) mass is 266 g/mol. The maximum absolute atomic E-state index is 11.6. The molecule has 1 heterocycles. The maximum Gasteiger partial charge on any atom is 0.335 e. The third kappa shape index (κ3) is 3.40. The van der Waals surface area contributed by atoms with Crippen molar-refractivity contribution in [3.63, 3.8) is 0 Å². The first-order chi connectivity index (χ1) is 8.65. The summed E-state index contributed by atoms with van der Waals surface area (Å²) in [5, 5.41) is 14.3. The Balaban J connectivity index is 1.88. The number of benzene rings is 1. The Hall–Kier alpha value is -1.69. The van der Waals surface area contributed by atoms with Crippen molar-refractivity contribution in [3.8, 4) is 0 Å². The van der Waals surface area contributed by atoms with E-state index < -0.39 is 5.97 Å². The molecule has 1 atom stereocenters. The van der Waals surface area contributed by atoms with E-state index >= 15 is 0 Å². The molecular formula is C12H14N2O3S. The highest BCUT2D eigenvalue weighted by Gasteiger charge is 2.17. The van der Waals surface area contributed by atoms with E-state index in [4.69, 9.17) is 5.11 Å². The van der Waals surface area contributed by atoms with Gasteiger partial charge in [-0.1, -0.05) is 0 Å². The molecule has 1 aliphatic rings. The van der Waals surface area contributed by atoms with Gasteiger partial charge in [-0.25, -0.2) is 9.59 Å².